The Bertz CT molecular complexity index is 633. The van der Waals surface area contributed by atoms with Gasteiger partial charge in [-0.25, -0.2) is 22.5 Å². The Balaban J connectivity index is 3.12. The lowest BCUT2D eigenvalue weighted by atomic mass is 9.92. The van der Waals surface area contributed by atoms with Gasteiger partial charge in [0.15, 0.2) is 17.5 Å². The topological polar surface area (TPSA) is 12.9 Å². The second-order valence-electron chi connectivity index (χ2n) is 3.32. The van der Waals surface area contributed by atoms with E-state index in [1.807, 2.05) is 0 Å². The normalized spacial score (nSPS) is 11.2. The van der Waals surface area contributed by atoms with Crippen molar-refractivity contribution in [1.82, 2.24) is 4.98 Å². The molecule has 0 unspecified atom stereocenters. The molecule has 1 aromatic carbocycles. The van der Waals surface area contributed by atoms with Crippen LogP contribution in [0.15, 0.2) is 0 Å². The quantitative estimate of drug-likeness (QED) is 0.297. The third-order valence-corrected chi connectivity index (χ3v) is 2.32. The van der Waals surface area contributed by atoms with Crippen molar-refractivity contribution in [2.75, 3.05) is 0 Å². The van der Waals surface area contributed by atoms with E-state index in [1.165, 1.54) is 0 Å². The first-order chi connectivity index (χ1) is 7.86. The van der Waals surface area contributed by atoms with Crippen LogP contribution >= 0.6 is 0 Å². The Morgan fingerprint density at radius 3 is 1.88 bits per heavy atom. The zero-order valence-corrected chi connectivity index (χ0v) is 8.22. The van der Waals surface area contributed by atoms with Crippen LogP contribution in [0, 0.1) is 35.0 Å². The molecule has 17 heavy (non-hydrogen) atoms. The molecule has 8 heteroatoms. The minimum Gasteiger partial charge on any atom is -0.214 e. The van der Waals surface area contributed by atoms with Crippen LogP contribution in [0.4, 0.5) is 26.3 Å². The summed E-state index contributed by atoms with van der Waals surface area (Å²) in [6.45, 7) is 0. The number of aromatic nitrogens is 1. The predicted octanol–water partition coefficient (Wildman–Crippen LogP) is 1.33. The molecule has 0 aliphatic carbocycles. The Morgan fingerprint density at radius 1 is 0.706 bits per heavy atom. The highest BCUT2D eigenvalue weighted by atomic mass is 19.2. The van der Waals surface area contributed by atoms with Crippen molar-refractivity contribution in [3.63, 3.8) is 0 Å². The van der Waals surface area contributed by atoms with Gasteiger partial charge in [0.1, 0.15) is 19.2 Å². The van der Waals surface area contributed by atoms with Gasteiger partial charge in [-0.2, -0.15) is 8.78 Å². The summed E-state index contributed by atoms with van der Waals surface area (Å²) in [5.41, 5.74) is -2.05. The van der Waals surface area contributed by atoms with Gasteiger partial charge in [-0.1, -0.05) is 0 Å². The van der Waals surface area contributed by atoms with Crippen molar-refractivity contribution in [1.29, 1.82) is 0 Å². The molecule has 0 spiro atoms. The SMILES string of the molecule is Bc1c(F)c(F)c2nc(F)c(F)c(F)c2c1F. The predicted molar refractivity (Wildman–Crippen MR) is 49.7 cm³/mol. The maximum absolute atomic E-state index is 13.4. The average Bonchev–Trinajstić information content (AvgIpc) is 2.30. The first-order valence-corrected chi connectivity index (χ1v) is 4.33. The molecule has 0 saturated heterocycles. The summed E-state index contributed by atoms with van der Waals surface area (Å²) in [4.78, 5) is 2.66. The molecular formula is C9H2BF6N. The maximum Gasteiger partial charge on any atom is 0.252 e. The fourth-order valence-corrected chi connectivity index (χ4v) is 1.42. The summed E-state index contributed by atoms with van der Waals surface area (Å²) >= 11 is 0. The standard InChI is InChI=1S/C9H2BF6N/c10-2-3(11)1-4(12)7(15)9(16)17-8(1)6(14)5(2)13/h10H2. The van der Waals surface area contributed by atoms with Crippen LogP contribution in [0.3, 0.4) is 0 Å². The van der Waals surface area contributed by atoms with Crippen LogP contribution < -0.4 is 5.46 Å². The molecule has 1 heterocycles. The highest BCUT2D eigenvalue weighted by Gasteiger charge is 2.25. The van der Waals surface area contributed by atoms with Crippen molar-refractivity contribution in [3.8, 4) is 0 Å². The number of benzene rings is 1. The maximum atomic E-state index is 13.4. The average molecular weight is 249 g/mol. The Morgan fingerprint density at radius 2 is 1.29 bits per heavy atom. The summed E-state index contributed by atoms with van der Waals surface area (Å²) in [6.07, 6.45) is 0. The first kappa shape index (κ1) is 11.8. The van der Waals surface area contributed by atoms with Crippen LogP contribution in [0.25, 0.3) is 10.9 Å². The van der Waals surface area contributed by atoms with Gasteiger partial charge in [0.05, 0.1) is 5.39 Å². The lowest BCUT2D eigenvalue weighted by Gasteiger charge is -2.07. The molecule has 2 aromatic rings. The highest BCUT2D eigenvalue weighted by Crippen LogP contribution is 2.25. The molecule has 0 fully saturated rings. The van der Waals surface area contributed by atoms with E-state index in [-0.39, 0.29) is 0 Å². The van der Waals surface area contributed by atoms with Crippen LogP contribution in [-0.2, 0) is 0 Å². The number of hydrogen-bond acceptors (Lipinski definition) is 1. The Hall–Kier alpha value is -1.73. The number of rotatable bonds is 0. The van der Waals surface area contributed by atoms with E-state index in [9.17, 15) is 26.3 Å². The second-order valence-corrected chi connectivity index (χ2v) is 3.32. The van der Waals surface area contributed by atoms with Crippen LogP contribution in [-0.4, -0.2) is 12.8 Å². The molecule has 1 nitrogen and oxygen atoms in total. The molecule has 88 valence electrons. The minimum atomic E-state index is -2.04. The van der Waals surface area contributed by atoms with E-state index in [0.717, 1.165) is 7.85 Å². The highest BCUT2D eigenvalue weighted by molar-refractivity contribution is 6.33. The third kappa shape index (κ3) is 1.47. The third-order valence-electron chi connectivity index (χ3n) is 2.32. The fourth-order valence-electron chi connectivity index (χ4n) is 1.42. The van der Waals surface area contributed by atoms with Crippen molar-refractivity contribution in [3.05, 3.63) is 35.0 Å². The second kappa shape index (κ2) is 3.64. The molecule has 0 atom stereocenters. The van der Waals surface area contributed by atoms with E-state index in [1.54, 1.807) is 0 Å². The van der Waals surface area contributed by atoms with Crippen molar-refractivity contribution in [2.45, 2.75) is 0 Å². The van der Waals surface area contributed by atoms with E-state index in [2.05, 4.69) is 4.98 Å². The largest absolute Gasteiger partial charge is 0.252 e. The molecule has 1 aromatic heterocycles. The zero-order chi connectivity index (χ0) is 12.9. The molecular weight excluding hydrogens is 247 g/mol. The van der Waals surface area contributed by atoms with Crippen molar-refractivity contribution >= 4 is 24.2 Å². The molecule has 0 radical (unpaired) electrons. The van der Waals surface area contributed by atoms with E-state index < -0.39 is 51.4 Å². The molecule has 0 aliphatic heterocycles. The number of hydrogen-bond donors (Lipinski definition) is 0. The zero-order valence-electron chi connectivity index (χ0n) is 8.22. The van der Waals surface area contributed by atoms with Crippen molar-refractivity contribution < 1.29 is 26.3 Å². The monoisotopic (exact) mass is 249 g/mol. The van der Waals surface area contributed by atoms with E-state index in [4.69, 9.17) is 0 Å². The van der Waals surface area contributed by atoms with Crippen LogP contribution in [0.5, 0.6) is 0 Å². The summed E-state index contributed by atoms with van der Waals surface area (Å²) in [6, 6.07) is 0. The van der Waals surface area contributed by atoms with Crippen LogP contribution in [0.2, 0.25) is 0 Å². The van der Waals surface area contributed by atoms with Gasteiger partial charge in [-0.05, 0) is 5.46 Å². The summed E-state index contributed by atoms with van der Waals surface area (Å²) < 4.78 is 78.6. The summed E-state index contributed by atoms with van der Waals surface area (Å²) in [5.74, 6) is -10.8. The Labute approximate surface area is 91.5 Å². The Kier molecular flexibility index (Phi) is 2.52. The first-order valence-electron chi connectivity index (χ1n) is 4.33. The van der Waals surface area contributed by atoms with Gasteiger partial charge in [-0.15, -0.1) is 0 Å². The smallest absolute Gasteiger partial charge is 0.214 e. The molecule has 0 N–H and O–H groups in total. The molecule has 0 saturated carbocycles. The summed E-state index contributed by atoms with van der Waals surface area (Å²) in [7, 11) is 0.841. The number of halogens is 6. The fraction of sp³-hybridized carbons (Fsp3) is 0. The van der Waals surface area contributed by atoms with Gasteiger partial charge in [-0.3, -0.25) is 0 Å². The molecule has 0 amide bonds. The van der Waals surface area contributed by atoms with E-state index >= 15 is 0 Å². The lowest BCUT2D eigenvalue weighted by molar-refractivity contribution is 0.429. The number of pyridine rings is 1. The minimum absolute atomic E-state index is 0.832. The molecule has 2 rings (SSSR count). The van der Waals surface area contributed by atoms with Crippen molar-refractivity contribution in [2.24, 2.45) is 0 Å². The molecule has 0 aliphatic rings. The van der Waals surface area contributed by atoms with Gasteiger partial charge in [0.25, 0.3) is 5.95 Å². The van der Waals surface area contributed by atoms with Gasteiger partial charge in [0, 0.05) is 0 Å². The van der Waals surface area contributed by atoms with E-state index in [0.29, 0.717) is 0 Å². The van der Waals surface area contributed by atoms with Gasteiger partial charge in [0.2, 0.25) is 5.82 Å². The number of fused-ring (bicyclic) bond motifs is 1. The lowest BCUT2D eigenvalue weighted by Crippen LogP contribution is -2.19. The van der Waals surface area contributed by atoms with Gasteiger partial charge >= 0.3 is 0 Å². The summed E-state index contributed by atoms with van der Waals surface area (Å²) in [5, 5.41) is -1.21. The number of nitrogens with zero attached hydrogens (tertiary/aromatic N) is 1. The van der Waals surface area contributed by atoms with Gasteiger partial charge < -0.3 is 0 Å². The van der Waals surface area contributed by atoms with Crippen LogP contribution in [0.1, 0.15) is 0 Å². The molecule has 0 bridgehead atoms.